The zero-order valence-electron chi connectivity index (χ0n) is 8.34. The number of oxime groups is 1. The number of hydrogen-bond donors (Lipinski definition) is 2. The molecule has 1 rings (SSSR count). The molecule has 1 unspecified atom stereocenters. The molecule has 0 aliphatic carbocycles. The molecular weight excluding hydrogens is 198 g/mol. The summed E-state index contributed by atoms with van der Waals surface area (Å²) in [7, 11) is 1.95. The van der Waals surface area contributed by atoms with Crippen LogP contribution in [0.1, 0.15) is 17.8 Å². The van der Waals surface area contributed by atoms with Crippen LogP contribution in [0.2, 0.25) is 0 Å². The molecule has 0 fully saturated rings. The van der Waals surface area contributed by atoms with Gasteiger partial charge in [-0.3, -0.25) is 4.90 Å². The van der Waals surface area contributed by atoms with Gasteiger partial charge in [-0.2, -0.15) is 0 Å². The lowest BCUT2D eigenvalue weighted by molar-refractivity contribution is 0.285. The van der Waals surface area contributed by atoms with Gasteiger partial charge in [0.15, 0.2) is 5.84 Å². The van der Waals surface area contributed by atoms with Gasteiger partial charge in [0.1, 0.15) is 0 Å². The quantitative estimate of drug-likeness (QED) is 0.345. The lowest BCUT2D eigenvalue weighted by Gasteiger charge is -2.22. The maximum Gasteiger partial charge on any atom is 0.153 e. The van der Waals surface area contributed by atoms with Crippen molar-refractivity contribution < 1.29 is 5.21 Å². The topological polar surface area (TPSA) is 61.8 Å². The van der Waals surface area contributed by atoms with Gasteiger partial charge in [-0.15, -0.1) is 11.3 Å². The van der Waals surface area contributed by atoms with E-state index in [1.54, 1.807) is 11.3 Å². The Morgan fingerprint density at radius 3 is 3.00 bits per heavy atom. The third kappa shape index (κ3) is 2.71. The Bertz CT molecular complexity index is 297. The van der Waals surface area contributed by atoms with Crippen LogP contribution in [0.3, 0.4) is 0 Å². The molecule has 0 radical (unpaired) electrons. The van der Waals surface area contributed by atoms with Crippen molar-refractivity contribution in [3.05, 3.63) is 22.4 Å². The van der Waals surface area contributed by atoms with Crippen LogP contribution in [0.5, 0.6) is 0 Å². The smallest absolute Gasteiger partial charge is 0.153 e. The minimum Gasteiger partial charge on any atom is -0.409 e. The molecule has 0 saturated carbocycles. The number of likely N-dealkylation sites (N-methyl/N-ethyl adjacent to an activating group) is 1. The van der Waals surface area contributed by atoms with Crippen molar-refractivity contribution in [3.63, 3.8) is 0 Å². The second-order valence-electron chi connectivity index (χ2n) is 3.20. The number of nitrogens with two attached hydrogens (primary N) is 1. The van der Waals surface area contributed by atoms with Crippen molar-refractivity contribution in [1.29, 1.82) is 0 Å². The largest absolute Gasteiger partial charge is 0.409 e. The minimum atomic E-state index is 0.232. The summed E-state index contributed by atoms with van der Waals surface area (Å²) in [5, 5.41) is 13.4. The Balaban J connectivity index is 2.57. The van der Waals surface area contributed by atoms with Crippen molar-refractivity contribution >= 4 is 17.2 Å². The lowest BCUT2D eigenvalue weighted by atomic mass is 10.2. The van der Waals surface area contributed by atoms with Gasteiger partial charge in [-0.25, -0.2) is 0 Å². The van der Waals surface area contributed by atoms with Crippen LogP contribution in [-0.4, -0.2) is 29.5 Å². The van der Waals surface area contributed by atoms with E-state index in [4.69, 9.17) is 10.9 Å². The van der Waals surface area contributed by atoms with E-state index in [1.165, 1.54) is 4.88 Å². The summed E-state index contributed by atoms with van der Waals surface area (Å²) in [6.45, 7) is 2.56. The van der Waals surface area contributed by atoms with Gasteiger partial charge in [0, 0.05) is 10.9 Å². The summed E-state index contributed by atoms with van der Waals surface area (Å²) in [6.07, 6.45) is 0. The molecule has 0 aromatic carbocycles. The predicted octanol–water partition coefficient (Wildman–Crippen LogP) is 1.49. The van der Waals surface area contributed by atoms with E-state index in [0.29, 0.717) is 6.54 Å². The van der Waals surface area contributed by atoms with Crippen LogP contribution in [0.25, 0.3) is 0 Å². The first-order chi connectivity index (χ1) is 6.65. The van der Waals surface area contributed by atoms with Gasteiger partial charge < -0.3 is 10.9 Å². The SMILES string of the molecule is CC(c1cccs1)N(C)CC(N)=NO. The summed E-state index contributed by atoms with van der Waals surface area (Å²) in [5.41, 5.74) is 5.43. The molecular formula is C9H15N3OS. The molecule has 0 amide bonds. The molecule has 0 aliphatic heterocycles. The molecule has 1 aromatic rings. The summed E-state index contributed by atoms with van der Waals surface area (Å²) in [5.74, 6) is 0.232. The van der Waals surface area contributed by atoms with Gasteiger partial charge in [0.25, 0.3) is 0 Å². The number of hydrogen-bond acceptors (Lipinski definition) is 4. The minimum absolute atomic E-state index is 0.232. The van der Waals surface area contributed by atoms with Gasteiger partial charge in [0.2, 0.25) is 0 Å². The Hall–Kier alpha value is -1.07. The highest BCUT2D eigenvalue weighted by Crippen LogP contribution is 2.22. The van der Waals surface area contributed by atoms with E-state index >= 15 is 0 Å². The summed E-state index contributed by atoms with van der Waals surface area (Å²) in [4.78, 5) is 3.30. The molecule has 3 N–H and O–H groups in total. The Morgan fingerprint density at radius 1 is 1.79 bits per heavy atom. The van der Waals surface area contributed by atoms with Crippen LogP contribution in [0, 0.1) is 0 Å². The average Bonchev–Trinajstić information content (AvgIpc) is 2.69. The van der Waals surface area contributed by atoms with Crippen molar-refractivity contribution in [1.82, 2.24) is 4.90 Å². The first-order valence-corrected chi connectivity index (χ1v) is 5.23. The second kappa shape index (κ2) is 4.97. The molecule has 4 nitrogen and oxygen atoms in total. The first-order valence-electron chi connectivity index (χ1n) is 4.35. The molecule has 1 aromatic heterocycles. The third-order valence-electron chi connectivity index (χ3n) is 2.16. The van der Waals surface area contributed by atoms with Gasteiger partial charge in [0.05, 0.1) is 6.54 Å². The molecule has 5 heteroatoms. The number of rotatable bonds is 4. The standard InChI is InChI=1S/C9H15N3OS/c1-7(8-4-3-5-14-8)12(2)6-9(10)11-13/h3-5,7,13H,6H2,1-2H3,(H2,10,11). The highest BCUT2D eigenvalue weighted by Gasteiger charge is 2.13. The zero-order chi connectivity index (χ0) is 10.6. The molecule has 1 heterocycles. The van der Waals surface area contributed by atoms with Crippen molar-refractivity contribution in [3.8, 4) is 0 Å². The molecule has 0 bridgehead atoms. The Kier molecular flexibility index (Phi) is 3.91. The normalized spacial score (nSPS) is 14.6. The average molecular weight is 213 g/mol. The van der Waals surface area contributed by atoms with Gasteiger partial charge in [-0.05, 0) is 25.4 Å². The van der Waals surface area contributed by atoms with Crippen LogP contribution in [-0.2, 0) is 0 Å². The number of thiophene rings is 1. The molecule has 14 heavy (non-hydrogen) atoms. The van der Waals surface area contributed by atoms with Crippen molar-refractivity contribution in [2.24, 2.45) is 10.9 Å². The summed E-state index contributed by atoms with van der Waals surface area (Å²) < 4.78 is 0. The van der Waals surface area contributed by atoms with Crippen molar-refractivity contribution in [2.45, 2.75) is 13.0 Å². The number of nitrogens with zero attached hydrogens (tertiary/aromatic N) is 2. The maximum absolute atomic E-state index is 8.43. The van der Waals surface area contributed by atoms with E-state index in [9.17, 15) is 0 Å². The van der Waals surface area contributed by atoms with Crippen LogP contribution in [0.4, 0.5) is 0 Å². The lowest BCUT2D eigenvalue weighted by Crippen LogP contribution is -2.32. The van der Waals surface area contributed by atoms with Crippen molar-refractivity contribution in [2.75, 3.05) is 13.6 Å². The maximum atomic E-state index is 8.43. The molecule has 78 valence electrons. The molecule has 0 saturated heterocycles. The Morgan fingerprint density at radius 2 is 2.50 bits per heavy atom. The Labute approximate surface area is 87.6 Å². The van der Waals surface area contributed by atoms with Gasteiger partial charge >= 0.3 is 0 Å². The van der Waals surface area contributed by atoms with Gasteiger partial charge in [-0.1, -0.05) is 11.2 Å². The van der Waals surface area contributed by atoms with E-state index in [2.05, 4.69) is 18.1 Å². The fourth-order valence-electron chi connectivity index (χ4n) is 1.17. The third-order valence-corrected chi connectivity index (χ3v) is 3.20. The fourth-order valence-corrected chi connectivity index (χ4v) is 2.02. The fraction of sp³-hybridized carbons (Fsp3) is 0.444. The van der Waals surface area contributed by atoms with Crippen LogP contribution in [0.15, 0.2) is 22.7 Å². The van der Waals surface area contributed by atoms with Crippen LogP contribution >= 0.6 is 11.3 Å². The van der Waals surface area contributed by atoms with E-state index in [0.717, 1.165) is 0 Å². The second-order valence-corrected chi connectivity index (χ2v) is 4.18. The van der Waals surface area contributed by atoms with E-state index in [1.807, 2.05) is 23.4 Å². The molecule has 0 aliphatic rings. The molecule has 0 spiro atoms. The molecule has 1 atom stereocenters. The highest BCUT2D eigenvalue weighted by atomic mass is 32.1. The predicted molar refractivity (Wildman–Crippen MR) is 58.8 cm³/mol. The summed E-state index contributed by atoms with van der Waals surface area (Å²) in [6, 6.07) is 4.39. The first kappa shape index (κ1) is 11.0. The summed E-state index contributed by atoms with van der Waals surface area (Å²) >= 11 is 1.71. The number of amidine groups is 1. The zero-order valence-corrected chi connectivity index (χ0v) is 9.16. The van der Waals surface area contributed by atoms with E-state index < -0.39 is 0 Å². The monoisotopic (exact) mass is 213 g/mol. The van der Waals surface area contributed by atoms with Crippen LogP contribution < -0.4 is 5.73 Å². The van der Waals surface area contributed by atoms with E-state index in [-0.39, 0.29) is 11.9 Å². The highest BCUT2D eigenvalue weighted by molar-refractivity contribution is 7.10.